The van der Waals surface area contributed by atoms with Crippen LogP contribution in [0.1, 0.15) is 49.9 Å². The molecule has 2 aliphatic carbocycles. The minimum Gasteiger partial charge on any atom is -0.311 e. The van der Waals surface area contributed by atoms with Crippen LogP contribution in [0.15, 0.2) is 182 Å². The Labute approximate surface area is 328 Å². The van der Waals surface area contributed by atoms with Crippen molar-refractivity contribution in [1.82, 2.24) is 4.57 Å². The van der Waals surface area contributed by atoms with Crippen molar-refractivity contribution in [2.24, 2.45) is 0 Å². The number of nitrogens with zero attached hydrogens (tertiary/aromatic N) is 2. The Morgan fingerprint density at radius 2 is 0.857 bits per heavy atom. The van der Waals surface area contributed by atoms with Gasteiger partial charge in [0.2, 0.25) is 0 Å². The molecule has 0 saturated carbocycles. The topological polar surface area (TPSA) is 8.17 Å². The highest BCUT2D eigenvalue weighted by Gasteiger charge is 2.37. The number of para-hydroxylation sites is 2. The van der Waals surface area contributed by atoms with Crippen molar-refractivity contribution in [2.45, 2.75) is 38.5 Å². The SMILES string of the molecule is CC1(C)c2ccccc2-c2ccc(-n3c4ccc(-c5ccc(N(c6ccccc6)c6ccccc6)cc5)cc4c4cc5c(cc43)C(C)(C)c3ccccc3-5)cc21. The summed E-state index contributed by atoms with van der Waals surface area (Å²) >= 11 is 0. The molecule has 1 aromatic heterocycles. The van der Waals surface area contributed by atoms with Crippen molar-refractivity contribution in [3.05, 3.63) is 204 Å². The number of fused-ring (bicyclic) bond motifs is 9. The van der Waals surface area contributed by atoms with Crippen LogP contribution in [0.25, 0.3) is 60.9 Å². The van der Waals surface area contributed by atoms with Crippen LogP contribution in [0.2, 0.25) is 0 Å². The van der Waals surface area contributed by atoms with Crippen LogP contribution in [-0.2, 0) is 10.8 Å². The zero-order chi connectivity index (χ0) is 37.8. The molecule has 1 heterocycles. The second-order valence-corrected chi connectivity index (χ2v) is 16.6. The molecule has 2 nitrogen and oxygen atoms in total. The van der Waals surface area contributed by atoms with Crippen molar-refractivity contribution < 1.29 is 0 Å². The number of hydrogen-bond donors (Lipinski definition) is 0. The van der Waals surface area contributed by atoms with Gasteiger partial charge in [-0.1, -0.05) is 137 Å². The van der Waals surface area contributed by atoms with E-state index in [1.54, 1.807) is 0 Å². The molecule has 11 rings (SSSR count). The quantitative estimate of drug-likeness (QED) is 0.172. The summed E-state index contributed by atoms with van der Waals surface area (Å²) in [4.78, 5) is 2.32. The third-order valence-electron chi connectivity index (χ3n) is 12.8. The van der Waals surface area contributed by atoms with E-state index in [1.807, 2.05) is 0 Å². The Bertz CT molecular complexity index is 2960. The highest BCUT2D eigenvalue weighted by atomic mass is 15.1. The Hall–Kier alpha value is -6.64. The predicted octanol–water partition coefficient (Wildman–Crippen LogP) is 14.5. The van der Waals surface area contributed by atoms with E-state index in [1.165, 1.54) is 83.1 Å². The van der Waals surface area contributed by atoms with E-state index in [0.717, 1.165) is 17.1 Å². The van der Waals surface area contributed by atoms with Crippen molar-refractivity contribution in [1.29, 1.82) is 0 Å². The number of rotatable bonds is 5. The number of benzene rings is 8. The first-order valence-electron chi connectivity index (χ1n) is 19.8. The fourth-order valence-electron chi connectivity index (χ4n) is 9.91. The first kappa shape index (κ1) is 32.8. The predicted molar refractivity (Wildman–Crippen MR) is 236 cm³/mol. The molecule has 0 fully saturated rings. The molecule has 56 heavy (non-hydrogen) atoms. The molecular formula is C54H42N2. The normalized spacial score (nSPS) is 14.4. The summed E-state index contributed by atoms with van der Waals surface area (Å²) in [5.41, 5.74) is 20.3. The lowest BCUT2D eigenvalue weighted by Gasteiger charge is -2.25. The summed E-state index contributed by atoms with van der Waals surface area (Å²) in [5.74, 6) is 0. The first-order valence-corrected chi connectivity index (χ1v) is 19.8. The van der Waals surface area contributed by atoms with Gasteiger partial charge in [-0.15, -0.1) is 0 Å². The van der Waals surface area contributed by atoms with Gasteiger partial charge in [0.15, 0.2) is 0 Å². The molecule has 0 aliphatic heterocycles. The van der Waals surface area contributed by atoms with E-state index in [2.05, 4.69) is 219 Å². The summed E-state index contributed by atoms with van der Waals surface area (Å²) < 4.78 is 2.52. The third kappa shape index (κ3) is 4.69. The molecule has 0 radical (unpaired) electrons. The Morgan fingerprint density at radius 3 is 1.50 bits per heavy atom. The van der Waals surface area contributed by atoms with Crippen molar-refractivity contribution in [3.63, 3.8) is 0 Å². The Balaban J connectivity index is 1.09. The summed E-state index contributed by atoms with van der Waals surface area (Å²) in [5, 5.41) is 2.55. The number of hydrogen-bond acceptors (Lipinski definition) is 1. The molecule has 0 unspecified atom stereocenters. The van der Waals surface area contributed by atoms with E-state index >= 15 is 0 Å². The third-order valence-corrected chi connectivity index (χ3v) is 12.8. The van der Waals surface area contributed by atoms with Crippen LogP contribution in [0.5, 0.6) is 0 Å². The van der Waals surface area contributed by atoms with E-state index in [-0.39, 0.29) is 10.8 Å². The van der Waals surface area contributed by atoms with Gasteiger partial charge in [-0.05, 0) is 128 Å². The van der Waals surface area contributed by atoms with Crippen LogP contribution < -0.4 is 4.90 Å². The monoisotopic (exact) mass is 718 g/mol. The summed E-state index contributed by atoms with van der Waals surface area (Å²) in [6.45, 7) is 9.50. The highest BCUT2D eigenvalue weighted by molar-refractivity contribution is 6.13. The smallest absolute Gasteiger partial charge is 0.0544 e. The molecular weight excluding hydrogens is 677 g/mol. The molecule has 9 aromatic rings. The zero-order valence-electron chi connectivity index (χ0n) is 32.2. The maximum absolute atomic E-state index is 2.52. The molecule has 268 valence electrons. The number of anilines is 3. The van der Waals surface area contributed by atoms with Gasteiger partial charge in [0, 0.05) is 44.4 Å². The van der Waals surface area contributed by atoms with Crippen LogP contribution in [0.3, 0.4) is 0 Å². The minimum atomic E-state index is -0.0940. The maximum atomic E-state index is 2.52. The van der Waals surface area contributed by atoms with E-state index in [9.17, 15) is 0 Å². The van der Waals surface area contributed by atoms with Gasteiger partial charge in [0.1, 0.15) is 0 Å². The summed E-state index contributed by atoms with van der Waals surface area (Å²) in [7, 11) is 0. The fraction of sp³-hybridized carbons (Fsp3) is 0.111. The summed E-state index contributed by atoms with van der Waals surface area (Å²) in [6, 6.07) is 67.3. The van der Waals surface area contributed by atoms with Gasteiger partial charge in [0.05, 0.1) is 11.0 Å². The lowest BCUT2D eigenvalue weighted by atomic mass is 9.82. The molecule has 0 amide bonds. The zero-order valence-corrected chi connectivity index (χ0v) is 32.2. The lowest BCUT2D eigenvalue weighted by Crippen LogP contribution is -2.15. The average molecular weight is 719 g/mol. The molecule has 0 atom stereocenters. The fourth-order valence-corrected chi connectivity index (χ4v) is 9.91. The van der Waals surface area contributed by atoms with Crippen LogP contribution in [0.4, 0.5) is 17.1 Å². The molecule has 0 spiro atoms. The van der Waals surface area contributed by atoms with Crippen LogP contribution in [0, 0.1) is 0 Å². The first-order chi connectivity index (χ1) is 27.3. The summed E-state index contributed by atoms with van der Waals surface area (Å²) in [6.07, 6.45) is 0. The van der Waals surface area contributed by atoms with Crippen molar-refractivity contribution >= 4 is 38.9 Å². The standard InChI is InChI=1S/C54H42N2/c1-53(2)47-21-13-11-19-41(47)43-29-28-40(32-49(43)53)56-51-30-25-36(31-45(51)46-33-44-42-20-12-14-22-48(42)54(3,4)50(44)34-52(46)56)35-23-26-39(27-24-35)55(37-15-7-5-8-16-37)38-17-9-6-10-18-38/h5-34H,1-4H3. The largest absolute Gasteiger partial charge is 0.311 e. The maximum Gasteiger partial charge on any atom is 0.0544 e. The van der Waals surface area contributed by atoms with Crippen molar-refractivity contribution in [2.75, 3.05) is 4.90 Å². The van der Waals surface area contributed by atoms with E-state index in [0.29, 0.717) is 0 Å². The molecule has 2 heteroatoms. The van der Waals surface area contributed by atoms with E-state index in [4.69, 9.17) is 0 Å². The van der Waals surface area contributed by atoms with Crippen LogP contribution in [-0.4, -0.2) is 4.57 Å². The van der Waals surface area contributed by atoms with Gasteiger partial charge >= 0.3 is 0 Å². The van der Waals surface area contributed by atoms with Gasteiger partial charge < -0.3 is 9.47 Å². The molecule has 0 bridgehead atoms. The van der Waals surface area contributed by atoms with Gasteiger partial charge in [0.25, 0.3) is 0 Å². The van der Waals surface area contributed by atoms with E-state index < -0.39 is 0 Å². The molecule has 2 aliphatic rings. The second-order valence-electron chi connectivity index (χ2n) is 16.6. The molecule has 0 N–H and O–H groups in total. The minimum absolute atomic E-state index is 0.0818. The van der Waals surface area contributed by atoms with Crippen LogP contribution >= 0.6 is 0 Å². The molecule has 0 saturated heterocycles. The number of aromatic nitrogens is 1. The van der Waals surface area contributed by atoms with Gasteiger partial charge in [-0.2, -0.15) is 0 Å². The second kappa shape index (κ2) is 11.9. The van der Waals surface area contributed by atoms with Gasteiger partial charge in [-0.25, -0.2) is 0 Å². The highest BCUT2D eigenvalue weighted by Crippen LogP contribution is 2.52. The average Bonchev–Trinajstić information content (AvgIpc) is 3.77. The lowest BCUT2D eigenvalue weighted by molar-refractivity contribution is 0.659. The van der Waals surface area contributed by atoms with Crippen molar-refractivity contribution in [3.8, 4) is 39.1 Å². The Morgan fingerprint density at radius 1 is 0.357 bits per heavy atom. The van der Waals surface area contributed by atoms with Gasteiger partial charge in [-0.3, -0.25) is 0 Å². The molecule has 8 aromatic carbocycles. The Kier molecular flexibility index (Phi) is 6.98.